The minimum Gasteiger partial charge on any atom is -0.546 e. The Labute approximate surface area is 81.8 Å². The van der Waals surface area contributed by atoms with E-state index in [0.29, 0.717) is 5.71 Å². The number of aliphatic carboxylic acids is 1. The third-order valence-electron chi connectivity index (χ3n) is 1.58. The lowest BCUT2D eigenvalue weighted by atomic mass is 10.1. The predicted octanol–water partition coefficient (Wildman–Crippen LogP) is 0.177. The van der Waals surface area contributed by atoms with Gasteiger partial charge in [-0.1, -0.05) is 35.5 Å². The van der Waals surface area contributed by atoms with E-state index in [1.165, 1.54) is 0 Å². The van der Waals surface area contributed by atoms with Gasteiger partial charge in [0.25, 0.3) is 0 Å². The molecule has 4 heteroatoms. The summed E-state index contributed by atoms with van der Waals surface area (Å²) in [6.45, 7) is 1.22. The van der Waals surface area contributed by atoms with Crippen molar-refractivity contribution in [3.8, 4) is 0 Å². The van der Waals surface area contributed by atoms with Gasteiger partial charge in [0.2, 0.25) is 0 Å². The average molecular weight is 192 g/mol. The van der Waals surface area contributed by atoms with Gasteiger partial charge in [0.1, 0.15) is 0 Å². The molecule has 0 fully saturated rings. The molecule has 0 radical (unpaired) electrons. The van der Waals surface area contributed by atoms with Gasteiger partial charge >= 0.3 is 0 Å². The summed E-state index contributed by atoms with van der Waals surface area (Å²) in [5.74, 6) is -1.28. The third-order valence-corrected chi connectivity index (χ3v) is 1.58. The van der Waals surface area contributed by atoms with Gasteiger partial charge in [-0.05, 0) is 12.5 Å². The normalized spacial score (nSPS) is 11.1. The summed E-state index contributed by atoms with van der Waals surface area (Å²) in [4.78, 5) is 14.5. The molecule has 0 N–H and O–H groups in total. The fourth-order valence-corrected chi connectivity index (χ4v) is 0.914. The van der Waals surface area contributed by atoms with E-state index in [4.69, 9.17) is 0 Å². The molecule has 0 amide bonds. The Morgan fingerprint density at radius 1 is 1.43 bits per heavy atom. The van der Waals surface area contributed by atoms with Gasteiger partial charge in [0, 0.05) is 0 Å². The maximum absolute atomic E-state index is 10.0. The Hall–Kier alpha value is -1.84. The van der Waals surface area contributed by atoms with Crippen LogP contribution in [0, 0.1) is 0 Å². The maximum Gasteiger partial charge on any atom is 0.156 e. The molecular weight excluding hydrogens is 182 g/mol. The van der Waals surface area contributed by atoms with Crippen molar-refractivity contribution in [2.45, 2.75) is 6.92 Å². The van der Waals surface area contributed by atoms with E-state index in [-0.39, 0.29) is 0 Å². The molecular formula is C10H10NO3-. The van der Waals surface area contributed by atoms with Gasteiger partial charge in [0.15, 0.2) is 6.61 Å². The van der Waals surface area contributed by atoms with Crippen molar-refractivity contribution >= 4 is 11.7 Å². The number of carbonyl (C=O) groups excluding carboxylic acids is 1. The molecule has 74 valence electrons. The van der Waals surface area contributed by atoms with E-state index in [2.05, 4.69) is 9.99 Å². The van der Waals surface area contributed by atoms with Crippen LogP contribution in [-0.2, 0) is 9.63 Å². The monoisotopic (exact) mass is 192 g/mol. The molecule has 0 unspecified atom stereocenters. The van der Waals surface area contributed by atoms with Crippen molar-refractivity contribution < 1.29 is 14.7 Å². The first-order valence-electron chi connectivity index (χ1n) is 4.12. The van der Waals surface area contributed by atoms with Crippen LogP contribution in [0.1, 0.15) is 12.5 Å². The molecule has 0 atom stereocenters. The largest absolute Gasteiger partial charge is 0.546 e. The smallest absolute Gasteiger partial charge is 0.156 e. The first kappa shape index (κ1) is 10.2. The van der Waals surface area contributed by atoms with E-state index >= 15 is 0 Å². The van der Waals surface area contributed by atoms with Crippen LogP contribution in [0.4, 0.5) is 0 Å². The van der Waals surface area contributed by atoms with Gasteiger partial charge < -0.3 is 14.7 Å². The quantitative estimate of drug-likeness (QED) is 0.505. The zero-order valence-corrected chi connectivity index (χ0v) is 7.77. The fraction of sp³-hybridized carbons (Fsp3) is 0.200. The lowest BCUT2D eigenvalue weighted by Gasteiger charge is -2.02. The Balaban J connectivity index is 2.57. The number of benzene rings is 1. The van der Waals surface area contributed by atoms with Gasteiger partial charge in [-0.15, -0.1) is 0 Å². The summed E-state index contributed by atoms with van der Waals surface area (Å²) in [6.07, 6.45) is 0. The third kappa shape index (κ3) is 3.26. The van der Waals surface area contributed by atoms with Crippen molar-refractivity contribution in [2.24, 2.45) is 5.16 Å². The van der Waals surface area contributed by atoms with Gasteiger partial charge in [-0.25, -0.2) is 0 Å². The summed E-state index contributed by atoms with van der Waals surface area (Å²) in [6, 6.07) is 9.35. The molecule has 1 aromatic rings. The zero-order chi connectivity index (χ0) is 10.4. The number of carboxylic acids is 1. The lowest BCUT2D eigenvalue weighted by molar-refractivity contribution is -0.309. The highest BCUT2D eigenvalue weighted by Crippen LogP contribution is 2.00. The molecule has 0 aliphatic heterocycles. The Bertz CT molecular complexity index is 332. The minimum atomic E-state index is -1.28. The van der Waals surface area contributed by atoms with Crippen molar-refractivity contribution in [3.63, 3.8) is 0 Å². The summed E-state index contributed by atoms with van der Waals surface area (Å²) < 4.78 is 0. The second-order valence-corrected chi connectivity index (χ2v) is 2.69. The number of hydrogen-bond donors (Lipinski definition) is 0. The molecule has 0 spiro atoms. The number of hydrogen-bond acceptors (Lipinski definition) is 4. The topological polar surface area (TPSA) is 61.7 Å². The van der Waals surface area contributed by atoms with Gasteiger partial charge in [0.05, 0.1) is 11.7 Å². The number of carboxylic acid groups (broad SMARTS) is 1. The zero-order valence-electron chi connectivity index (χ0n) is 7.77. The first-order valence-corrected chi connectivity index (χ1v) is 4.12. The Kier molecular flexibility index (Phi) is 3.67. The molecule has 4 nitrogen and oxygen atoms in total. The Morgan fingerprint density at radius 3 is 2.64 bits per heavy atom. The molecule has 14 heavy (non-hydrogen) atoms. The average Bonchev–Trinajstić information content (AvgIpc) is 2.18. The summed E-state index contributed by atoms with van der Waals surface area (Å²) >= 11 is 0. The first-order chi connectivity index (χ1) is 6.70. The van der Waals surface area contributed by atoms with Crippen molar-refractivity contribution in [1.82, 2.24) is 0 Å². The SMILES string of the molecule is C/C(=N/OCC(=O)[O-])c1ccccc1. The van der Waals surface area contributed by atoms with Crippen LogP contribution in [-0.4, -0.2) is 18.3 Å². The van der Waals surface area contributed by atoms with E-state index in [9.17, 15) is 9.90 Å². The molecule has 0 saturated heterocycles. The van der Waals surface area contributed by atoms with Crippen molar-refractivity contribution in [1.29, 1.82) is 0 Å². The van der Waals surface area contributed by atoms with Crippen LogP contribution in [0.25, 0.3) is 0 Å². The van der Waals surface area contributed by atoms with Crippen LogP contribution < -0.4 is 5.11 Å². The second-order valence-electron chi connectivity index (χ2n) is 2.69. The van der Waals surface area contributed by atoms with Gasteiger partial charge in [-0.2, -0.15) is 0 Å². The number of rotatable bonds is 4. The van der Waals surface area contributed by atoms with Crippen LogP contribution in [0.2, 0.25) is 0 Å². The highest BCUT2D eigenvalue weighted by molar-refractivity contribution is 5.98. The summed E-state index contributed by atoms with van der Waals surface area (Å²) in [7, 11) is 0. The van der Waals surface area contributed by atoms with Crippen LogP contribution >= 0.6 is 0 Å². The van der Waals surface area contributed by atoms with Crippen molar-refractivity contribution in [3.05, 3.63) is 35.9 Å². The molecule has 0 bridgehead atoms. The molecule has 0 saturated carbocycles. The maximum atomic E-state index is 10.0. The van der Waals surface area contributed by atoms with Crippen LogP contribution in [0.5, 0.6) is 0 Å². The Morgan fingerprint density at radius 2 is 2.07 bits per heavy atom. The van der Waals surface area contributed by atoms with E-state index in [1.807, 2.05) is 30.3 Å². The highest BCUT2D eigenvalue weighted by atomic mass is 16.6. The summed E-state index contributed by atoms with van der Waals surface area (Å²) in [5.41, 5.74) is 1.53. The number of oxime groups is 1. The predicted molar refractivity (Wildman–Crippen MR) is 49.6 cm³/mol. The lowest BCUT2D eigenvalue weighted by Crippen LogP contribution is -2.26. The molecule has 1 rings (SSSR count). The second kappa shape index (κ2) is 5.01. The van der Waals surface area contributed by atoms with E-state index in [0.717, 1.165) is 5.56 Å². The van der Waals surface area contributed by atoms with Crippen molar-refractivity contribution in [2.75, 3.05) is 6.61 Å². The van der Waals surface area contributed by atoms with E-state index < -0.39 is 12.6 Å². The van der Waals surface area contributed by atoms with Crippen LogP contribution in [0.3, 0.4) is 0 Å². The number of carbonyl (C=O) groups is 1. The standard InChI is InChI=1S/C10H11NO3/c1-8(11-14-7-10(12)13)9-5-3-2-4-6-9/h2-6H,7H2,1H3,(H,12,13)/p-1/b11-8-. The highest BCUT2D eigenvalue weighted by Gasteiger charge is 1.95. The molecule has 0 aromatic heterocycles. The van der Waals surface area contributed by atoms with Crippen LogP contribution in [0.15, 0.2) is 35.5 Å². The molecule has 0 aliphatic carbocycles. The molecule has 1 aromatic carbocycles. The molecule has 0 aliphatic rings. The van der Waals surface area contributed by atoms with E-state index in [1.54, 1.807) is 6.92 Å². The molecule has 0 heterocycles. The number of nitrogens with zero attached hydrogens (tertiary/aromatic N) is 1. The van der Waals surface area contributed by atoms with Gasteiger partial charge in [-0.3, -0.25) is 0 Å². The summed E-state index contributed by atoms with van der Waals surface area (Å²) in [5, 5.41) is 13.6. The fourth-order valence-electron chi connectivity index (χ4n) is 0.914. The minimum absolute atomic E-state index is 0.524.